The van der Waals surface area contributed by atoms with Gasteiger partial charge in [-0.25, -0.2) is 0 Å². The third-order valence-electron chi connectivity index (χ3n) is 3.31. The lowest BCUT2D eigenvalue weighted by Gasteiger charge is -2.35. The van der Waals surface area contributed by atoms with Gasteiger partial charge in [0.1, 0.15) is 0 Å². The summed E-state index contributed by atoms with van der Waals surface area (Å²) in [5.74, 6) is 0.815. The number of hydrogen-bond acceptors (Lipinski definition) is 3. The zero-order valence-corrected chi connectivity index (χ0v) is 12.9. The molecular formula is C13H27N3OS. The molecule has 1 heterocycles. The van der Waals surface area contributed by atoms with Crippen LogP contribution in [0.4, 0.5) is 0 Å². The maximum atomic E-state index is 5.44. The summed E-state index contributed by atoms with van der Waals surface area (Å²) in [5.41, 5.74) is 0. The van der Waals surface area contributed by atoms with Crippen LogP contribution in [0.1, 0.15) is 19.8 Å². The molecule has 0 bridgehead atoms. The Bertz CT molecular complexity index is 253. The third-order valence-corrected chi connectivity index (χ3v) is 3.69. The maximum Gasteiger partial charge on any atom is 0.169 e. The monoisotopic (exact) mass is 273 g/mol. The summed E-state index contributed by atoms with van der Waals surface area (Å²) in [5, 5.41) is 4.21. The summed E-state index contributed by atoms with van der Waals surface area (Å²) in [7, 11) is 6.00. The molecule has 106 valence electrons. The van der Waals surface area contributed by atoms with Crippen LogP contribution in [0.3, 0.4) is 0 Å². The van der Waals surface area contributed by atoms with Gasteiger partial charge in [0.2, 0.25) is 0 Å². The van der Waals surface area contributed by atoms with E-state index in [9.17, 15) is 0 Å². The number of likely N-dealkylation sites (tertiary alicyclic amines) is 1. The van der Waals surface area contributed by atoms with Gasteiger partial charge in [-0.2, -0.15) is 0 Å². The van der Waals surface area contributed by atoms with E-state index >= 15 is 0 Å². The number of nitrogens with one attached hydrogen (secondary N) is 1. The van der Waals surface area contributed by atoms with Gasteiger partial charge >= 0.3 is 0 Å². The highest BCUT2D eigenvalue weighted by Gasteiger charge is 2.21. The first-order valence-electron chi connectivity index (χ1n) is 6.72. The van der Waals surface area contributed by atoms with E-state index in [1.807, 2.05) is 0 Å². The largest absolute Gasteiger partial charge is 0.383 e. The average Bonchev–Trinajstić information content (AvgIpc) is 2.29. The summed E-state index contributed by atoms with van der Waals surface area (Å²) in [6, 6.07) is 0.280. The van der Waals surface area contributed by atoms with Crippen LogP contribution in [0, 0.1) is 5.92 Å². The molecule has 0 aromatic rings. The highest BCUT2D eigenvalue weighted by Crippen LogP contribution is 2.17. The smallest absolute Gasteiger partial charge is 0.169 e. The number of methoxy groups -OCH3 is 1. The van der Waals surface area contributed by atoms with Crippen LogP contribution in [0.15, 0.2) is 0 Å². The highest BCUT2D eigenvalue weighted by molar-refractivity contribution is 7.80. The van der Waals surface area contributed by atoms with Gasteiger partial charge in [-0.15, -0.1) is 0 Å². The summed E-state index contributed by atoms with van der Waals surface area (Å²) in [4.78, 5) is 4.56. The molecule has 1 aliphatic rings. The molecule has 1 fully saturated rings. The number of piperidine rings is 1. The third kappa shape index (κ3) is 5.50. The second kappa shape index (κ2) is 7.92. The van der Waals surface area contributed by atoms with E-state index in [2.05, 4.69) is 36.1 Å². The van der Waals surface area contributed by atoms with Gasteiger partial charge in [0, 0.05) is 32.8 Å². The first-order valence-corrected chi connectivity index (χ1v) is 7.13. The quantitative estimate of drug-likeness (QED) is 0.759. The molecule has 1 unspecified atom stereocenters. The fourth-order valence-corrected chi connectivity index (χ4v) is 2.81. The standard InChI is InChI=1S/C13H27N3OS/c1-11(10-17-4)14-13(18)16-7-5-12(6-8-16)9-15(2)3/h11-12H,5-10H2,1-4H3,(H,14,18). The topological polar surface area (TPSA) is 27.7 Å². The lowest BCUT2D eigenvalue weighted by molar-refractivity contribution is 0.175. The van der Waals surface area contributed by atoms with Crippen LogP contribution in [0.25, 0.3) is 0 Å². The molecule has 1 saturated heterocycles. The molecule has 0 aliphatic carbocycles. The van der Waals surface area contributed by atoms with Gasteiger partial charge in [0.05, 0.1) is 6.61 Å². The minimum atomic E-state index is 0.280. The fourth-order valence-electron chi connectivity index (χ4n) is 2.43. The van der Waals surface area contributed by atoms with Crippen LogP contribution in [0.2, 0.25) is 0 Å². The zero-order chi connectivity index (χ0) is 13.5. The summed E-state index contributed by atoms with van der Waals surface area (Å²) >= 11 is 5.44. The van der Waals surface area contributed by atoms with Gasteiger partial charge in [-0.3, -0.25) is 0 Å². The summed E-state index contributed by atoms with van der Waals surface area (Å²) < 4.78 is 5.11. The van der Waals surface area contributed by atoms with Crippen LogP contribution >= 0.6 is 12.2 Å². The van der Waals surface area contributed by atoms with Crippen molar-refractivity contribution in [1.29, 1.82) is 0 Å². The Morgan fingerprint density at radius 1 is 1.44 bits per heavy atom. The van der Waals surface area contributed by atoms with Crippen molar-refractivity contribution in [1.82, 2.24) is 15.1 Å². The van der Waals surface area contributed by atoms with E-state index in [1.165, 1.54) is 19.4 Å². The lowest BCUT2D eigenvalue weighted by Crippen LogP contribution is -2.48. The Labute approximate surface area is 117 Å². The normalized spacial score (nSPS) is 19.1. The Hall–Kier alpha value is -0.390. The second-order valence-corrected chi connectivity index (χ2v) is 5.89. The number of thiocarbonyl (C=S) groups is 1. The molecule has 0 amide bonds. The molecule has 1 rings (SSSR count). The zero-order valence-electron chi connectivity index (χ0n) is 12.1. The molecule has 1 atom stereocenters. The Morgan fingerprint density at radius 3 is 2.56 bits per heavy atom. The van der Waals surface area contributed by atoms with Crippen LogP contribution in [0.5, 0.6) is 0 Å². The minimum Gasteiger partial charge on any atom is -0.383 e. The minimum absolute atomic E-state index is 0.280. The first-order chi connectivity index (χ1) is 8.52. The highest BCUT2D eigenvalue weighted by atomic mass is 32.1. The van der Waals surface area contributed by atoms with Crippen molar-refractivity contribution in [3.05, 3.63) is 0 Å². The van der Waals surface area contributed by atoms with Crippen molar-refractivity contribution in [3.8, 4) is 0 Å². The van der Waals surface area contributed by atoms with E-state index in [4.69, 9.17) is 17.0 Å². The van der Waals surface area contributed by atoms with E-state index in [0.29, 0.717) is 6.61 Å². The molecule has 0 radical (unpaired) electrons. The Balaban J connectivity index is 2.27. The van der Waals surface area contributed by atoms with E-state index < -0.39 is 0 Å². The summed E-state index contributed by atoms with van der Waals surface area (Å²) in [6.07, 6.45) is 2.47. The van der Waals surface area contributed by atoms with E-state index in [1.54, 1.807) is 7.11 Å². The molecule has 0 saturated carbocycles. The molecule has 0 spiro atoms. The van der Waals surface area contributed by atoms with E-state index in [-0.39, 0.29) is 6.04 Å². The molecular weight excluding hydrogens is 246 g/mol. The lowest BCUT2D eigenvalue weighted by atomic mass is 9.97. The van der Waals surface area contributed by atoms with Crippen molar-refractivity contribution >= 4 is 17.3 Å². The van der Waals surface area contributed by atoms with Gasteiger partial charge in [-0.1, -0.05) is 0 Å². The maximum absolute atomic E-state index is 5.44. The molecule has 5 heteroatoms. The fraction of sp³-hybridized carbons (Fsp3) is 0.923. The van der Waals surface area contributed by atoms with Gasteiger partial charge in [-0.05, 0) is 52.0 Å². The molecule has 0 aromatic heterocycles. The van der Waals surface area contributed by atoms with Crippen LogP contribution in [-0.4, -0.2) is 68.4 Å². The van der Waals surface area contributed by atoms with Crippen molar-refractivity contribution < 1.29 is 4.74 Å². The van der Waals surface area contributed by atoms with Crippen molar-refractivity contribution in [2.45, 2.75) is 25.8 Å². The van der Waals surface area contributed by atoms with Crippen LogP contribution < -0.4 is 5.32 Å². The molecule has 1 aliphatic heterocycles. The predicted molar refractivity (Wildman–Crippen MR) is 79.9 cm³/mol. The Morgan fingerprint density at radius 2 is 2.06 bits per heavy atom. The van der Waals surface area contributed by atoms with Crippen molar-refractivity contribution in [2.75, 3.05) is 47.4 Å². The second-order valence-electron chi connectivity index (χ2n) is 5.50. The number of ether oxygens (including phenoxy) is 1. The first kappa shape index (κ1) is 15.7. The van der Waals surface area contributed by atoms with E-state index in [0.717, 1.165) is 24.1 Å². The number of rotatable bonds is 5. The SMILES string of the molecule is COCC(C)NC(=S)N1CCC(CN(C)C)CC1. The predicted octanol–water partition coefficient (Wildman–Crippen LogP) is 1.17. The average molecular weight is 273 g/mol. The molecule has 0 aromatic carbocycles. The molecule has 1 N–H and O–H groups in total. The Kier molecular flexibility index (Phi) is 6.89. The van der Waals surface area contributed by atoms with Gasteiger partial charge in [0.15, 0.2) is 5.11 Å². The summed E-state index contributed by atoms with van der Waals surface area (Å²) in [6.45, 7) is 6.12. The van der Waals surface area contributed by atoms with Crippen molar-refractivity contribution in [2.24, 2.45) is 5.92 Å². The molecule has 18 heavy (non-hydrogen) atoms. The van der Waals surface area contributed by atoms with Crippen LogP contribution in [-0.2, 0) is 4.74 Å². The van der Waals surface area contributed by atoms with Gasteiger partial charge in [0.25, 0.3) is 0 Å². The number of nitrogens with zero attached hydrogens (tertiary/aromatic N) is 2. The van der Waals surface area contributed by atoms with Gasteiger partial charge < -0.3 is 19.9 Å². The number of hydrogen-bond donors (Lipinski definition) is 1. The molecule has 4 nitrogen and oxygen atoms in total. The van der Waals surface area contributed by atoms with Crippen molar-refractivity contribution in [3.63, 3.8) is 0 Å².